The summed E-state index contributed by atoms with van der Waals surface area (Å²) in [7, 11) is -3.78. The Bertz CT molecular complexity index is 1720. The molecule has 7 nitrogen and oxygen atoms in total. The van der Waals surface area contributed by atoms with Crippen LogP contribution in [0.4, 0.5) is 14.7 Å². The molecule has 0 aliphatic rings. The van der Waals surface area contributed by atoms with Gasteiger partial charge in [0.25, 0.3) is 0 Å². The fraction of sp³-hybridized carbons (Fsp3) is 0.154. The number of anilines is 1. The number of aromatic amines is 1. The first-order valence-corrected chi connectivity index (χ1v) is 12.7. The molecule has 0 radical (unpaired) electrons. The number of benzene rings is 3. The first-order valence-electron chi connectivity index (χ1n) is 11.2. The lowest BCUT2D eigenvalue weighted by Crippen LogP contribution is -2.23. The first kappa shape index (κ1) is 23.7. The molecule has 2 aromatic heterocycles. The molecule has 0 unspecified atom stereocenters. The average molecular weight is 508 g/mol. The van der Waals surface area contributed by atoms with Crippen molar-refractivity contribution >= 4 is 27.0 Å². The standard InChI is InChI=1S/C26H23F2N5O2S/c1-14(2)36(34,35)33-22-13-17(6-11-21(22)30-26(33)29)23-24(20-10-9-19(28)12-15(20)3)32-25(31-23)16-4-7-18(27)8-5-16/h4-14H,1-3H3,(H2,29,30)(H,31,32). The van der Waals surface area contributed by atoms with Crippen molar-refractivity contribution in [2.45, 2.75) is 26.0 Å². The number of nitrogens with zero attached hydrogens (tertiary/aromatic N) is 3. The molecule has 0 amide bonds. The van der Waals surface area contributed by atoms with Crippen molar-refractivity contribution in [3.8, 4) is 33.9 Å². The molecule has 0 spiro atoms. The minimum atomic E-state index is -3.78. The largest absolute Gasteiger partial charge is 0.368 e. The number of hydrogen-bond acceptors (Lipinski definition) is 5. The van der Waals surface area contributed by atoms with Crippen molar-refractivity contribution in [2.75, 3.05) is 5.73 Å². The van der Waals surface area contributed by atoms with Crippen LogP contribution in [0, 0.1) is 18.6 Å². The van der Waals surface area contributed by atoms with Gasteiger partial charge in [0, 0.05) is 16.7 Å². The van der Waals surface area contributed by atoms with E-state index in [2.05, 4.69) is 9.97 Å². The normalized spacial score (nSPS) is 12.1. The molecule has 3 aromatic carbocycles. The Morgan fingerprint density at radius 1 is 0.917 bits per heavy atom. The average Bonchev–Trinajstić information content (AvgIpc) is 3.40. The van der Waals surface area contributed by atoms with Gasteiger partial charge >= 0.3 is 0 Å². The molecule has 3 N–H and O–H groups in total. The van der Waals surface area contributed by atoms with Crippen LogP contribution >= 0.6 is 0 Å². The first-order chi connectivity index (χ1) is 17.1. The van der Waals surface area contributed by atoms with Crippen LogP contribution in [0.15, 0.2) is 60.7 Å². The van der Waals surface area contributed by atoms with Crippen LogP contribution in [0.3, 0.4) is 0 Å². The summed E-state index contributed by atoms with van der Waals surface area (Å²) in [6, 6.07) is 15.4. The van der Waals surface area contributed by atoms with Gasteiger partial charge < -0.3 is 10.7 Å². The molecule has 0 atom stereocenters. The molecule has 0 aliphatic heterocycles. The van der Waals surface area contributed by atoms with Gasteiger partial charge in [-0.05, 0) is 80.9 Å². The maximum Gasteiger partial charge on any atom is 0.244 e. The van der Waals surface area contributed by atoms with Crippen molar-refractivity contribution < 1.29 is 17.2 Å². The highest BCUT2D eigenvalue weighted by Gasteiger charge is 2.25. The summed E-state index contributed by atoms with van der Waals surface area (Å²) in [4.78, 5) is 12.3. The highest BCUT2D eigenvalue weighted by Crippen LogP contribution is 2.36. The van der Waals surface area contributed by atoms with Gasteiger partial charge in [-0.2, -0.15) is 0 Å². The van der Waals surface area contributed by atoms with E-state index in [4.69, 9.17) is 10.7 Å². The number of hydrogen-bond donors (Lipinski definition) is 2. The van der Waals surface area contributed by atoms with Gasteiger partial charge in [0.05, 0.1) is 27.7 Å². The zero-order chi connectivity index (χ0) is 25.8. The Balaban J connectivity index is 1.77. The summed E-state index contributed by atoms with van der Waals surface area (Å²) in [5, 5.41) is -0.714. The summed E-state index contributed by atoms with van der Waals surface area (Å²) in [6.07, 6.45) is 0. The highest BCUT2D eigenvalue weighted by atomic mass is 32.2. The third-order valence-corrected chi connectivity index (χ3v) is 8.12. The molecular weight excluding hydrogens is 484 g/mol. The van der Waals surface area contributed by atoms with Crippen molar-refractivity contribution in [1.82, 2.24) is 18.9 Å². The molecule has 2 heterocycles. The topological polar surface area (TPSA) is 107 Å². The number of rotatable bonds is 5. The van der Waals surface area contributed by atoms with E-state index in [1.54, 1.807) is 57.2 Å². The number of halogens is 2. The van der Waals surface area contributed by atoms with Gasteiger partial charge in [-0.25, -0.2) is 31.1 Å². The lowest BCUT2D eigenvalue weighted by Gasteiger charge is -2.11. The highest BCUT2D eigenvalue weighted by molar-refractivity contribution is 7.90. The third-order valence-electron chi connectivity index (χ3n) is 6.04. The second-order valence-electron chi connectivity index (χ2n) is 8.81. The van der Waals surface area contributed by atoms with Crippen molar-refractivity contribution in [3.05, 3.63) is 77.9 Å². The fourth-order valence-corrected chi connectivity index (χ4v) is 5.27. The van der Waals surface area contributed by atoms with Gasteiger partial charge in [0.2, 0.25) is 16.0 Å². The van der Waals surface area contributed by atoms with Gasteiger partial charge in [-0.1, -0.05) is 6.07 Å². The maximum absolute atomic E-state index is 13.9. The molecule has 0 aliphatic carbocycles. The molecule has 36 heavy (non-hydrogen) atoms. The summed E-state index contributed by atoms with van der Waals surface area (Å²) in [6.45, 7) is 4.93. The third kappa shape index (κ3) is 3.93. The van der Waals surface area contributed by atoms with Crippen LogP contribution in [-0.4, -0.2) is 32.6 Å². The van der Waals surface area contributed by atoms with Gasteiger partial charge in [-0.3, -0.25) is 0 Å². The van der Waals surface area contributed by atoms with Crippen LogP contribution in [-0.2, 0) is 10.0 Å². The molecule has 184 valence electrons. The molecule has 10 heteroatoms. The van der Waals surface area contributed by atoms with Crippen LogP contribution in [0.2, 0.25) is 0 Å². The Morgan fingerprint density at radius 3 is 2.25 bits per heavy atom. The lowest BCUT2D eigenvalue weighted by molar-refractivity contribution is 0.580. The Labute approximate surface area is 206 Å². The Hall–Kier alpha value is -4.05. The summed E-state index contributed by atoms with van der Waals surface area (Å²) in [5.74, 6) is -0.385. The predicted molar refractivity (Wildman–Crippen MR) is 137 cm³/mol. The fourth-order valence-electron chi connectivity index (χ4n) is 4.13. The number of nitrogen functional groups attached to an aromatic ring is 1. The molecular formula is C26H23F2N5O2S. The second-order valence-corrected chi connectivity index (χ2v) is 11.1. The minimum Gasteiger partial charge on any atom is -0.368 e. The quantitative estimate of drug-likeness (QED) is 0.326. The van der Waals surface area contributed by atoms with Crippen LogP contribution < -0.4 is 5.73 Å². The van der Waals surface area contributed by atoms with Gasteiger partial charge in [0.1, 0.15) is 17.5 Å². The number of aromatic nitrogens is 4. The summed E-state index contributed by atoms with van der Waals surface area (Å²) < 4.78 is 54.4. The van der Waals surface area contributed by atoms with Crippen molar-refractivity contribution in [3.63, 3.8) is 0 Å². The molecule has 5 rings (SSSR count). The van der Waals surface area contributed by atoms with E-state index in [0.29, 0.717) is 44.9 Å². The van der Waals surface area contributed by atoms with E-state index in [0.717, 1.165) is 9.54 Å². The van der Waals surface area contributed by atoms with E-state index in [-0.39, 0.29) is 17.6 Å². The smallest absolute Gasteiger partial charge is 0.244 e. The molecule has 0 bridgehead atoms. The number of nitrogens with one attached hydrogen (secondary N) is 1. The van der Waals surface area contributed by atoms with E-state index < -0.39 is 15.3 Å². The Morgan fingerprint density at radius 2 is 1.58 bits per heavy atom. The second kappa shape index (κ2) is 8.56. The zero-order valence-electron chi connectivity index (χ0n) is 19.8. The zero-order valence-corrected chi connectivity index (χ0v) is 20.6. The molecule has 0 saturated heterocycles. The predicted octanol–water partition coefficient (Wildman–Crippen LogP) is 5.52. The molecule has 0 saturated carbocycles. The lowest BCUT2D eigenvalue weighted by atomic mass is 10.0. The number of aryl methyl sites for hydroxylation is 1. The van der Waals surface area contributed by atoms with E-state index in [9.17, 15) is 17.2 Å². The monoisotopic (exact) mass is 507 g/mol. The van der Waals surface area contributed by atoms with Gasteiger partial charge in [0.15, 0.2) is 0 Å². The van der Waals surface area contributed by atoms with E-state index >= 15 is 0 Å². The minimum absolute atomic E-state index is 0.125. The number of fused-ring (bicyclic) bond motifs is 1. The summed E-state index contributed by atoms with van der Waals surface area (Å²) >= 11 is 0. The van der Waals surface area contributed by atoms with E-state index in [1.807, 2.05) is 0 Å². The van der Waals surface area contributed by atoms with Gasteiger partial charge in [-0.15, -0.1) is 0 Å². The van der Waals surface area contributed by atoms with Crippen molar-refractivity contribution in [1.29, 1.82) is 0 Å². The number of imidazole rings is 2. The van der Waals surface area contributed by atoms with Crippen molar-refractivity contribution in [2.24, 2.45) is 0 Å². The SMILES string of the molecule is Cc1cc(F)ccc1-c1[nH]c(-c2ccc(F)cc2)nc1-c1ccc2nc(N)n(S(=O)(=O)C(C)C)c2c1. The molecule has 5 aromatic rings. The van der Waals surface area contributed by atoms with E-state index in [1.165, 1.54) is 24.3 Å². The maximum atomic E-state index is 13.9. The number of H-pyrrole nitrogens is 1. The van der Waals surface area contributed by atoms with Crippen LogP contribution in [0.5, 0.6) is 0 Å². The van der Waals surface area contributed by atoms with Crippen LogP contribution in [0.1, 0.15) is 19.4 Å². The Kier molecular flexibility index (Phi) is 5.63. The molecule has 0 fully saturated rings. The summed E-state index contributed by atoms with van der Waals surface area (Å²) in [5.41, 5.74) is 10.5. The van der Waals surface area contributed by atoms with Crippen LogP contribution in [0.25, 0.3) is 44.9 Å². The number of nitrogens with two attached hydrogens (primary N) is 1.